The first kappa shape index (κ1) is 13.4. The lowest BCUT2D eigenvalue weighted by atomic mass is 10.1. The van der Waals surface area contributed by atoms with Crippen molar-refractivity contribution in [3.8, 4) is 0 Å². The minimum absolute atomic E-state index is 0.00444. The molecule has 0 radical (unpaired) electrons. The normalized spacial score (nSPS) is 17.1. The molecule has 3 unspecified atom stereocenters. The number of nitrogens with two attached hydrogens (primary N) is 1. The standard InChI is InChI=1S/C13H21NOS/c1-10(2)9-16(15)11(3)13(14)12-7-5-4-6-8-12/h4-8,10-11,13H,9,14H2,1-3H3. The Morgan fingerprint density at radius 2 is 1.75 bits per heavy atom. The van der Waals surface area contributed by atoms with Crippen molar-refractivity contribution in [2.75, 3.05) is 5.75 Å². The largest absolute Gasteiger partial charge is 0.323 e. The van der Waals surface area contributed by atoms with Crippen LogP contribution in [0.3, 0.4) is 0 Å². The second-order valence-electron chi connectivity index (χ2n) is 4.58. The van der Waals surface area contributed by atoms with E-state index in [4.69, 9.17) is 5.73 Å². The van der Waals surface area contributed by atoms with Gasteiger partial charge in [0, 0.05) is 22.6 Å². The number of rotatable bonds is 5. The van der Waals surface area contributed by atoms with Gasteiger partial charge in [0.2, 0.25) is 0 Å². The first-order chi connectivity index (χ1) is 7.52. The van der Waals surface area contributed by atoms with Crippen LogP contribution >= 0.6 is 0 Å². The molecule has 0 amide bonds. The predicted octanol–water partition coefficient (Wildman–Crippen LogP) is 2.48. The monoisotopic (exact) mass is 239 g/mol. The van der Waals surface area contributed by atoms with Gasteiger partial charge in [-0.05, 0) is 18.4 Å². The second-order valence-corrected chi connectivity index (χ2v) is 6.42. The van der Waals surface area contributed by atoms with Crippen molar-refractivity contribution in [3.05, 3.63) is 35.9 Å². The molecule has 1 aromatic carbocycles. The van der Waals surface area contributed by atoms with Crippen LogP contribution < -0.4 is 5.73 Å². The zero-order valence-corrected chi connectivity index (χ0v) is 11.0. The fourth-order valence-corrected chi connectivity index (χ4v) is 3.03. The highest BCUT2D eigenvalue weighted by atomic mass is 32.2. The molecular formula is C13H21NOS. The molecule has 0 heterocycles. The van der Waals surface area contributed by atoms with Gasteiger partial charge in [-0.1, -0.05) is 44.2 Å². The number of benzene rings is 1. The maximum Gasteiger partial charge on any atom is 0.0512 e. The first-order valence-corrected chi connectivity index (χ1v) is 7.08. The van der Waals surface area contributed by atoms with E-state index in [1.54, 1.807) is 0 Å². The second kappa shape index (κ2) is 6.16. The van der Waals surface area contributed by atoms with Crippen LogP contribution in [0.15, 0.2) is 30.3 Å². The summed E-state index contributed by atoms with van der Waals surface area (Å²) in [4.78, 5) is 0. The molecule has 0 saturated heterocycles. The van der Waals surface area contributed by atoms with Gasteiger partial charge in [0.1, 0.15) is 0 Å². The Bertz CT molecular complexity index is 337. The van der Waals surface area contributed by atoms with Crippen LogP contribution in [0.5, 0.6) is 0 Å². The van der Waals surface area contributed by atoms with Gasteiger partial charge in [0.05, 0.1) is 5.25 Å². The van der Waals surface area contributed by atoms with Gasteiger partial charge >= 0.3 is 0 Å². The van der Waals surface area contributed by atoms with E-state index in [-0.39, 0.29) is 11.3 Å². The van der Waals surface area contributed by atoms with E-state index in [0.29, 0.717) is 5.92 Å². The molecule has 0 saturated carbocycles. The van der Waals surface area contributed by atoms with Crippen LogP contribution in [0.4, 0.5) is 0 Å². The summed E-state index contributed by atoms with van der Waals surface area (Å²) in [7, 11) is -0.850. The maximum absolute atomic E-state index is 12.0. The Labute approximate surface area is 101 Å². The Kier molecular flexibility index (Phi) is 5.16. The summed E-state index contributed by atoms with van der Waals surface area (Å²) < 4.78 is 12.0. The predicted molar refractivity (Wildman–Crippen MR) is 70.7 cm³/mol. The topological polar surface area (TPSA) is 43.1 Å². The quantitative estimate of drug-likeness (QED) is 0.858. The van der Waals surface area contributed by atoms with E-state index in [0.717, 1.165) is 11.3 Å². The molecule has 2 nitrogen and oxygen atoms in total. The minimum atomic E-state index is -0.850. The van der Waals surface area contributed by atoms with Crippen molar-refractivity contribution < 1.29 is 4.21 Å². The van der Waals surface area contributed by atoms with Gasteiger partial charge in [0.15, 0.2) is 0 Å². The van der Waals surface area contributed by atoms with Crippen molar-refractivity contribution in [2.24, 2.45) is 11.7 Å². The summed E-state index contributed by atoms with van der Waals surface area (Å²) in [6, 6.07) is 9.74. The third-order valence-corrected chi connectivity index (χ3v) is 4.72. The van der Waals surface area contributed by atoms with Gasteiger partial charge in [-0.25, -0.2) is 0 Å². The van der Waals surface area contributed by atoms with Crippen LogP contribution in [0.1, 0.15) is 32.4 Å². The van der Waals surface area contributed by atoms with Gasteiger partial charge in [-0.15, -0.1) is 0 Å². The van der Waals surface area contributed by atoms with Crippen LogP contribution in [-0.2, 0) is 10.8 Å². The van der Waals surface area contributed by atoms with E-state index in [1.807, 2.05) is 37.3 Å². The molecule has 3 atom stereocenters. The van der Waals surface area contributed by atoms with Gasteiger partial charge in [-0.2, -0.15) is 0 Å². The molecule has 3 heteroatoms. The van der Waals surface area contributed by atoms with E-state index < -0.39 is 10.8 Å². The summed E-state index contributed by atoms with van der Waals surface area (Å²) in [5.41, 5.74) is 7.18. The summed E-state index contributed by atoms with van der Waals surface area (Å²) >= 11 is 0. The highest BCUT2D eigenvalue weighted by molar-refractivity contribution is 7.85. The van der Waals surface area contributed by atoms with Gasteiger partial charge in [-0.3, -0.25) is 4.21 Å². The average Bonchev–Trinajstić information content (AvgIpc) is 2.27. The lowest BCUT2D eigenvalue weighted by Crippen LogP contribution is -2.29. The van der Waals surface area contributed by atoms with Crippen molar-refractivity contribution in [2.45, 2.75) is 32.1 Å². The van der Waals surface area contributed by atoms with Crippen molar-refractivity contribution in [1.29, 1.82) is 0 Å². The Morgan fingerprint density at radius 1 is 1.19 bits per heavy atom. The third kappa shape index (κ3) is 3.72. The van der Waals surface area contributed by atoms with Crippen LogP contribution in [0, 0.1) is 5.92 Å². The van der Waals surface area contributed by atoms with Crippen LogP contribution in [0.25, 0.3) is 0 Å². The maximum atomic E-state index is 12.0. The molecule has 0 aliphatic rings. The third-order valence-electron chi connectivity index (χ3n) is 2.60. The molecule has 1 aromatic rings. The molecule has 0 aliphatic heterocycles. The lowest BCUT2D eigenvalue weighted by molar-refractivity contribution is 0.629. The smallest absolute Gasteiger partial charge is 0.0512 e. The molecule has 2 N–H and O–H groups in total. The molecule has 0 aliphatic carbocycles. The molecule has 1 rings (SSSR count). The number of hydrogen-bond acceptors (Lipinski definition) is 2. The van der Waals surface area contributed by atoms with Gasteiger partial charge in [0.25, 0.3) is 0 Å². The molecule has 0 aromatic heterocycles. The highest BCUT2D eigenvalue weighted by Gasteiger charge is 2.21. The van der Waals surface area contributed by atoms with E-state index >= 15 is 0 Å². The van der Waals surface area contributed by atoms with E-state index in [9.17, 15) is 4.21 Å². The Morgan fingerprint density at radius 3 is 2.25 bits per heavy atom. The zero-order chi connectivity index (χ0) is 12.1. The van der Waals surface area contributed by atoms with E-state index in [1.165, 1.54) is 0 Å². The van der Waals surface area contributed by atoms with E-state index in [2.05, 4.69) is 13.8 Å². The molecule has 0 spiro atoms. The first-order valence-electron chi connectivity index (χ1n) is 5.70. The fraction of sp³-hybridized carbons (Fsp3) is 0.538. The molecular weight excluding hydrogens is 218 g/mol. The van der Waals surface area contributed by atoms with Crippen LogP contribution in [0.2, 0.25) is 0 Å². The zero-order valence-electron chi connectivity index (χ0n) is 10.2. The van der Waals surface area contributed by atoms with Gasteiger partial charge < -0.3 is 5.73 Å². The van der Waals surface area contributed by atoms with Crippen molar-refractivity contribution in [1.82, 2.24) is 0 Å². The van der Waals surface area contributed by atoms with Crippen LogP contribution in [-0.4, -0.2) is 15.2 Å². The minimum Gasteiger partial charge on any atom is -0.323 e. The summed E-state index contributed by atoms with van der Waals surface area (Å²) in [6.45, 7) is 6.13. The fourth-order valence-electron chi connectivity index (χ4n) is 1.59. The summed E-state index contributed by atoms with van der Waals surface area (Å²) in [6.07, 6.45) is 0. The Balaban J connectivity index is 2.67. The Hall–Kier alpha value is -0.670. The highest BCUT2D eigenvalue weighted by Crippen LogP contribution is 2.18. The molecule has 0 bridgehead atoms. The number of hydrogen-bond donors (Lipinski definition) is 1. The summed E-state index contributed by atoms with van der Waals surface area (Å²) in [5, 5.41) is 0.00444. The lowest BCUT2D eigenvalue weighted by Gasteiger charge is -2.20. The molecule has 16 heavy (non-hydrogen) atoms. The summed E-state index contributed by atoms with van der Waals surface area (Å²) in [5.74, 6) is 1.17. The van der Waals surface area contributed by atoms with Crippen molar-refractivity contribution >= 4 is 10.8 Å². The van der Waals surface area contributed by atoms with Crippen molar-refractivity contribution in [3.63, 3.8) is 0 Å². The molecule has 90 valence electrons. The average molecular weight is 239 g/mol. The SMILES string of the molecule is CC(C)CS(=O)C(C)C(N)c1ccccc1. The molecule has 0 fully saturated rings.